The monoisotopic (exact) mass is 319 g/mol. The van der Waals surface area contributed by atoms with E-state index in [9.17, 15) is 4.79 Å². The van der Waals surface area contributed by atoms with Gasteiger partial charge < -0.3 is 19.7 Å². The van der Waals surface area contributed by atoms with E-state index in [2.05, 4.69) is 14.6 Å². The maximum absolute atomic E-state index is 12.1. The van der Waals surface area contributed by atoms with Crippen molar-refractivity contribution in [3.8, 4) is 10.9 Å². The molecule has 3 rings (SSSR count). The van der Waals surface area contributed by atoms with Crippen LogP contribution in [0.4, 0.5) is 5.69 Å². The number of anilines is 1. The van der Waals surface area contributed by atoms with Crippen molar-refractivity contribution in [1.29, 1.82) is 0 Å². The Labute approximate surface area is 132 Å². The Morgan fingerprint density at radius 1 is 1.32 bits per heavy atom. The van der Waals surface area contributed by atoms with E-state index in [-0.39, 0.29) is 5.91 Å². The molecule has 6 nitrogen and oxygen atoms in total. The fourth-order valence-electron chi connectivity index (χ4n) is 2.55. The van der Waals surface area contributed by atoms with Crippen LogP contribution in [-0.2, 0) is 6.54 Å². The van der Waals surface area contributed by atoms with E-state index in [1.165, 1.54) is 11.5 Å². The van der Waals surface area contributed by atoms with Crippen molar-refractivity contribution in [3.05, 3.63) is 35.4 Å². The molecular weight excluding hydrogens is 302 g/mol. The van der Waals surface area contributed by atoms with Gasteiger partial charge >= 0.3 is 0 Å². The van der Waals surface area contributed by atoms with Crippen LogP contribution in [0.25, 0.3) is 0 Å². The van der Waals surface area contributed by atoms with Crippen molar-refractivity contribution in [1.82, 2.24) is 9.69 Å². The van der Waals surface area contributed by atoms with Gasteiger partial charge in [0.25, 0.3) is 5.91 Å². The van der Waals surface area contributed by atoms with Gasteiger partial charge in [0, 0.05) is 30.3 Å². The van der Waals surface area contributed by atoms with E-state index in [1.807, 2.05) is 24.3 Å². The van der Waals surface area contributed by atoms with E-state index >= 15 is 0 Å². The molecule has 22 heavy (non-hydrogen) atoms. The summed E-state index contributed by atoms with van der Waals surface area (Å²) in [7, 11) is 3.22. The number of methoxy groups -OCH3 is 2. The first-order valence-corrected chi connectivity index (χ1v) is 7.70. The molecule has 1 aliphatic rings. The molecule has 0 saturated heterocycles. The van der Waals surface area contributed by atoms with Crippen molar-refractivity contribution in [3.63, 3.8) is 0 Å². The first kappa shape index (κ1) is 14.6. The van der Waals surface area contributed by atoms with Crippen molar-refractivity contribution >= 4 is 23.1 Å². The van der Waals surface area contributed by atoms with Crippen LogP contribution in [0.15, 0.2) is 24.3 Å². The molecule has 0 fully saturated rings. The van der Waals surface area contributed by atoms with Crippen LogP contribution in [0.1, 0.15) is 15.9 Å². The lowest BCUT2D eigenvalue weighted by Gasteiger charge is -2.24. The van der Waals surface area contributed by atoms with Crippen LogP contribution in [0.2, 0.25) is 0 Å². The summed E-state index contributed by atoms with van der Waals surface area (Å²) < 4.78 is 14.9. The Balaban J connectivity index is 1.97. The predicted octanol–water partition coefficient (Wildman–Crippen LogP) is 1.91. The molecule has 0 spiro atoms. The predicted molar refractivity (Wildman–Crippen MR) is 85.0 cm³/mol. The smallest absolute Gasteiger partial charge is 0.253 e. The topological polar surface area (TPSA) is 63.7 Å². The highest BCUT2D eigenvalue weighted by molar-refractivity contribution is 7.08. The van der Waals surface area contributed by atoms with Crippen LogP contribution in [-0.4, -0.2) is 37.6 Å². The molecule has 1 aromatic heterocycles. The molecule has 1 N–H and O–H groups in total. The molecule has 0 aliphatic carbocycles. The van der Waals surface area contributed by atoms with Gasteiger partial charge in [-0.05, 0) is 12.1 Å². The second-order valence-electron chi connectivity index (χ2n) is 4.86. The maximum atomic E-state index is 12.1. The van der Waals surface area contributed by atoms with Crippen molar-refractivity contribution in [2.75, 3.05) is 32.2 Å². The molecule has 7 heteroatoms. The third-order valence-electron chi connectivity index (χ3n) is 3.60. The van der Waals surface area contributed by atoms with Gasteiger partial charge in [0.1, 0.15) is 0 Å². The molecule has 0 saturated carbocycles. The van der Waals surface area contributed by atoms with E-state index in [4.69, 9.17) is 9.47 Å². The summed E-state index contributed by atoms with van der Waals surface area (Å²) in [6.45, 7) is 1.88. The number of hydrogen-bond donors (Lipinski definition) is 1. The van der Waals surface area contributed by atoms with Gasteiger partial charge in [-0.2, -0.15) is 4.37 Å². The highest BCUT2D eigenvalue weighted by Crippen LogP contribution is 2.35. The third-order valence-corrected chi connectivity index (χ3v) is 4.44. The van der Waals surface area contributed by atoms with Crippen LogP contribution in [0.5, 0.6) is 10.9 Å². The summed E-state index contributed by atoms with van der Waals surface area (Å²) in [6, 6.07) is 7.60. The van der Waals surface area contributed by atoms with Crippen LogP contribution < -0.4 is 19.7 Å². The zero-order chi connectivity index (χ0) is 15.5. The number of ether oxygens (including phenoxy) is 2. The summed E-state index contributed by atoms with van der Waals surface area (Å²) in [5.74, 6) is 0.531. The molecule has 1 amide bonds. The summed E-state index contributed by atoms with van der Waals surface area (Å²) in [6.07, 6.45) is 0. The Hall–Kier alpha value is -2.28. The molecular formula is C15H17N3O3S. The molecule has 1 aliphatic heterocycles. The Morgan fingerprint density at radius 2 is 2.14 bits per heavy atom. The van der Waals surface area contributed by atoms with Crippen molar-refractivity contribution < 1.29 is 14.3 Å². The van der Waals surface area contributed by atoms with Gasteiger partial charge in [-0.15, -0.1) is 0 Å². The van der Waals surface area contributed by atoms with Gasteiger partial charge in [-0.3, -0.25) is 4.79 Å². The number of carbonyl (C=O) groups excluding carboxylic acids is 1. The first-order valence-electron chi connectivity index (χ1n) is 6.93. The highest BCUT2D eigenvalue weighted by atomic mass is 32.1. The Kier molecular flexibility index (Phi) is 4.15. The minimum absolute atomic E-state index is 0.0412. The molecule has 0 unspecified atom stereocenters. The Bertz CT molecular complexity index is 665. The minimum atomic E-state index is -0.0412. The summed E-state index contributed by atoms with van der Waals surface area (Å²) in [5.41, 5.74) is 2.49. The lowest BCUT2D eigenvalue weighted by Crippen LogP contribution is -2.29. The minimum Gasteiger partial charge on any atom is -0.486 e. The average Bonchev–Trinajstić information content (AvgIpc) is 2.87. The molecule has 0 atom stereocenters. The zero-order valence-corrected chi connectivity index (χ0v) is 13.3. The summed E-state index contributed by atoms with van der Waals surface area (Å²) in [4.78, 5) is 14.2. The SMILES string of the molecule is COc1nsc(OC)c1CN1CCNC(=O)c2ccccc21. The number of fused-ring (bicyclic) bond motifs is 1. The molecule has 0 bridgehead atoms. The molecule has 116 valence electrons. The van der Waals surface area contributed by atoms with Crippen LogP contribution in [0.3, 0.4) is 0 Å². The molecule has 2 aromatic rings. The highest BCUT2D eigenvalue weighted by Gasteiger charge is 2.24. The number of nitrogens with one attached hydrogen (secondary N) is 1. The zero-order valence-electron chi connectivity index (χ0n) is 12.5. The van der Waals surface area contributed by atoms with E-state index in [0.29, 0.717) is 31.1 Å². The van der Waals surface area contributed by atoms with Gasteiger partial charge in [-0.25, -0.2) is 0 Å². The number of aromatic nitrogens is 1. The van der Waals surface area contributed by atoms with Crippen molar-refractivity contribution in [2.24, 2.45) is 0 Å². The second-order valence-corrected chi connectivity index (χ2v) is 5.59. The number of rotatable bonds is 4. The standard InChI is InChI=1S/C15H17N3O3S/c1-20-14-11(15(21-2)22-17-14)9-18-8-7-16-13(19)10-5-3-4-6-12(10)18/h3-6H,7-9H2,1-2H3,(H,16,19). The third kappa shape index (κ3) is 2.59. The van der Waals surface area contributed by atoms with Gasteiger partial charge in [0.15, 0.2) is 0 Å². The van der Waals surface area contributed by atoms with Gasteiger partial charge in [-0.1, -0.05) is 12.1 Å². The number of para-hydroxylation sites is 1. The van der Waals surface area contributed by atoms with E-state index < -0.39 is 0 Å². The van der Waals surface area contributed by atoms with Crippen LogP contribution >= 0.6 is 11.5 Å². The molecule has 1 aromatic carbocycles. The first-order chi connectivity index (χ1) is 10.7. The molecule has 0 radical (unpaired) electrons. The molecule has 2 heterocycles. The van der Waals surface area contributed by atoms with E-state index in [0.717, 1.165) is 16.3 Å². The van der Waals surface area contributed by atoms with E-state index in [1.54, 1.807) is 14.2 Å². The number of carbonyl (C=O) groups is 1. The number of hydrogen-bond acceptors (Lipinski definition) is 6. The average molecular weight is 319 g/mol. The van der Waals surface area contributed by atoms with Gasteiger partial charge in [0.05, 0.1) is 31.9 Å². The largest absolute Gasteiger partial charge is 0.486 e. The lowest BCUT2D eigenvalue weighted by atomic mass is 10.1. The Morgan fingerprint density at radius 3 is 2.91 bits per heavy atom. The van der Waals surface area contributed by atoms with Crippen molar-refractivity contribution in [2.45, 2.75) is 6.54 Å². The fourth-order valence-corrected chi connectivity index (χ4v) is 3.24. The lowest BCUT2D eigenvalue weighted by molar-refractivity contribution is 0.0958. The quantitative estimate of drug-likeness (QED) is 0.932. The number of amides is 1. The summed E-state index contributed by atoms with van der Waals surface area (Å²) in [5, 5.41) is 3.65. The normalized spacial score (nSPS) is 14.1. The fraction of sp³-hybridized carbons (Fsp3) is 0.333. The number of benzene rings is 1. The van der Waals surface area contributed by atoms with Crippen LogP contribution in [0, 0.1) is 0 Å². The number of nitrogens with zero attached hydrogens (tertiary/aromatic N) is 2. The maximum Gasteiger partial charge on any atom is 0.253 e. The summed E-state index contributed by atoms with van der Waals surface area (Å²) >= 11 is 1.27. The second kappa shape index (κ2) is 6.23. The van der Waals surface area contributed by atoms with Gasteiger partial charge in [0.2, 0.25) is 10.9 Å².